The van der Waals surface area contributed by atoms with Crippen LogP contribution in [0.1, 0.15) is 40.2 Å². The number of carbonyl (C=O) groups is 1. The first kappa shape index (κ1) is 11.1. The molecule has 0 bridgehead atoms. The van der Waals surface area contributed by atoms with Crippen molar-refractivity contribution in [3.8, 4) is 0 Å². The number of amides is 1. The van der Waals surface area contributed by atoms with Crippen molar-refractivity contribution in [1.82, 2.24) is 5.32 Å². The first-order valence-corrected chi connectivity index (χ1v) is 5.79. The van der Waals surface area contributed by atoms with Gasteiger partial charge in [-0.1, -0.05) is 12.1 Å². The molecule has 1 heterocycles. The topological polar surface area (TPSA) is 55.1 Å². The molecular formula is C13H18N2O. The molecule has 0 spiro atoms. The van der Waals surface area contributed by atoms with Gasteiger partial charge in [-0.2, -0.15) is 0 Å². The summed E-state index contributed by atoms with van der Waals surface area (Å²) < 4.78 is 0. The van der Waals surface area contributed by atoms with Crippen LogP contribution in [0.5, 0.6) is 0 Å². The van der Waals surface area contributed by atoms with Gasteiger partial charge < -0.3 is 11.1 Å². The summed E-state index contributed by atoms with van der Waals surface area (Å²) in [6.45, 7) is 4.12. The lowest BCUT2D eigenvalue weighted by molar-refractivity contribution is 0.0999. The van der Waals surface area contributed by atoms with Crippen molar-refractivity contribution in [1.29, 1.82) is 0 Å². The SMILES string of the molecule is Cc1cc(C2CCNCC2)ccc1C(N)=O. The highest BCUT2D eigenvalue weighted by atomic mass is 16.1. The van der Waals surface area contributed by atoms with Gasteiger partial charge in [0.05, 0.1) is 0 Å². The van der Waals surface area contributed by atoms with Gasteiger partial charge >= 0.3 is 0 Å². The number of nitrogens with two attached hydrogens (primary N) is 1. The van der Waals surface area contributed by atoms with Crippen LogP contribution < -0.4 is 11.1 Å². The molecular weight excluding hydrogens is 200 g/mol. The Hall–Kier alpha value is -1.35. The molecule has 0 radical (unpaired) electrons. The van der Waals surface area contributed by atoms with E-state index in [0.29, 0.717) is 11.5 Å². The van der Waals surface area contributed by atoms with Gasteiger partial charge in [-0.3, -0.25) is 4.79 Å². The van der Waals surface area contributed by atoms with Crippen molar-refractivity contribution in [3.63, 3.8) is 0 Å². The number of nitrogens with one attached hydrogen (secondary N) is 1. The second-order valence-corrected chi connectivity index (χ2v) is 4.46. The minimum absolute atomic E-state index is 0.339. The molecule has 16 heavy (non-hydrogen) atoms. The number of piperidine rings is 1. The van der Waals surface area contributed by atoms with E-state index < -0.39 is 0 Å². The van der Waals surface area contributed by atoms with Crippen molar-refractivity contribution in [2.75, 3.05) is 13.1 Å². The van der Waals surface area contributed by atoms with Gasteiger partial charge in [0.2, 0.25) is 5.91 Å². The third kappa shape index (κ3) is 2.25. The summed E-state index contributed by atoms with van der Waals surface area (Å²) in [7, 11) is 0. The Labute approximate surface area is 96.0 Å². The highest BCUT2D eigenvalue weighted by Gasteiger charge is 2.16. The van der Waals surface area contributed by atoms with Gasteiger partial charge in [0.15, 0.2) is 0 Å². The summed E-state index contributed by atoms with van der Waals surface area (Å²) in [5, 5.41) is 3.35. The predicted molar refractivity (Wildman–Crippen MR) is 64.5 cm³/mol. The minimum atomic E-state index is -0.339. The normalized spacial score (nSPS) is 17.3. The van der Waals surface area contributed by atoms with Crippen LogP contribution in [0.2, 0.25) is 0 Å². The largest absolute Gasteiger partial charge is 0.366 e. The van der Waals surface area contributed by atoms with Crippen molar-refractivity contribution >= 4 is 5.91 Å². The maximum atomic E-state index is 11.1. The number of carbonyl (C=O) groups excluding carboxylic acids is 1. The molecule has 1 aromatic rings. The van der Waals surface area contributed by atoms with Crippen molar-refractivity contribution in [2.24, 2.45) is 5.73 Å². The standard InChI is InChI=1S/C13H18N2O/c1-9-8-11(2-3-12(9)13(14)16)10-4-6-15-7-5-10/h2-3,8,10,15H,4-7H2,1H3,(H2,14,16). The molecule has 3 N–H and O–H groups in total. The van der Waals surface area contributed by atoms with E-state index in [1.807, 2.05) is 19.1 Å². The number of primary amides is 1. The first-order chi connectivity index (χ1) is 7.68. The van der Waals surface area contributed by atoms with Gasteiger partial charge in [-0.05, 0) is 56.0 Å². The van der Waals surface area contributed by atoms with E-state index in [9.17, 15) is 4.79 Å². The average molecular weight is 218 g/mol. The van der Waals surface area contributed by atoms with Gasteiger partial charge in [0, 0.05) is 5.56 Å². The highest BCUT2D eigenvalue weighted by molar-refractivity contribution is 5.94. The smallest absolute Gasteiger partial charge is 0.248 e. The van der Waals surface area contributed by atoms with Crippen LogP contribution in [-0.4, -0.2) is 19.0 Å². The Kier molecular flexibility index (Phi) is 3.25. The molecule has 1 aliphatic rings. The first-order valence-electron chi connectivity index (χ1n) is 5.79. The van der Waals surface area contributed by atoms with Crippen molar-refractivity contribution < 1.29 is 4.79 Å². The number of hydrogen-bond donors (Lipinski definition) is 2. The zero-order valence-corrected chi connectivity index (χ0v) is 9.62. The summed E-state index contributed by atoms with van der Waals surface area (Å²) in [6.07, 6.45) is 2.35. The third-order valence-electron chi connectivity index (χ3n) is 3.33. The lowest BCUT2D eigenvalue weighted by Crippen LogP contribution is -2.26. The van der Waals surface area contributed by atoms with Gasteiger partial charge in [-0.15, -0.1) is 0 Å². The summed E-state index contributed by atoms with van der Waals surface area (Å²) in [6, 6.07) is 6.01. The molecule has 2 rings (SSSR count). The molecule has 86 valence electrons. The zero-order valence-electron chi connectivity index (χ0n) is 9.62. The van der Waals surface area contributed by atoms with Crippen molar-refractivity contribution in [3.05, 3.63) is 34.9 Å². The maximum Gasteiger partial charge on any atom is 0.248 e. The Morgan fingerprint density at radius 3 is 2.62 bits per heavy atom. The monoisotopic (exact) mass is 218 g/mol. The lowest BCUT2D eigenvalue weighted by Gasteiger charge is -2.23. The molecule has 1 amide bonds. The Bertz CT molecular complexity index is 395. The number of hydrogen-bond acceptors (Lipinski definition) is 2. The van der Waals surface area contributed by atoms with Gasteiger partial charge in [-0.25, -0.2) is 0 Å². The van der Waals surface area contributed by atoms with Gasteiger partial charge in [0.25, 0.3) is 0 Å². The minimum Gasteiger partial charge on any atom is -0.366 e. The number of aryl methyl sites for hydroxylation is 1. The molecule has 1 aromatic carbocycles. The van der Waals surface area contributed by atoms with Gasteiger partial charge in [0.1, 0.15) is 0 Å². The summed E-state index contributed by atoms with van der Waals surface area (Å²) in [5.41, 5.74) is 8.26. The summed E-state index contributed by atoms with van der Waals surface area (Å²) in [4.78, 5) is 11.1. The van der Waals surface area contributed by atoms with Crippen LogP contribution in [0.15, 0.2) is 18.2 Å². The van der Waals surface area contributed by atoms with E-state index in [-0.39, 0.29) is 5.91 Å². The second kappa shape index (κ2) is 4.66. The zero-order chi connectivity index (χ0) is 11.5. The molecule has 1 fully saturated rings. The van der Waals surface area contributed by atoms with E-state index in [1.165, 1.54) is 18.4 Å². The van der Waals surface area contributed by atoms with Crippen LogP contribution in [0.3, 0.4) is 0 Å². The highest BCUT2D eigenvalue weighted by Crippen LogP contribution is 2.26. The van der Waals surface area contributed by atoms with E-state index in [2.05, 4.69) is 11.4 Å². The molecule has 0 atom stereocenters. The third-order valence-corrected chi connectivity index (χ3v) is 3.33. The maximum absolute atomic E-state index is 11.1. The fourth-order valence-corrected chi connectivity index (χ4v) is 2.37. The van der Waals surface area contributed by atoms with Crippen LogP contribution >= 0.6 is 0 Å². The summed E-state index contributed by atoms with van der Waals surface area (Å²) in [5.74, 6) is 0.288. The fourth-order valence-electron chi connectivity index (χ4n) is 2.37. The second-order valence-electron chi connectivity index (χ2n) is 4.46. The van der Waals surface area contributed by atoms with Crippen LogP contribution in [0, 0.1) is 6.92 Å². The van der Waals surface area contributed by atoms with E-state index in [0.717, 1.165) is 18.7 Å². The average Bonchev–Trinajstić information content (AvgIpc) is 2.29. The number of benzene rings is 1. The quantitative estimate of drug-likeness (QED) is 0.791. The predicted octanol–water partition coefficient (Wildman–Crippen LogP) is 1.56. The molecule has 0 aliphatic carbocycles. The number of rotatable bonds is 2. The molecule has 3 nitrogen and oxygen atoms in total. The Morgan fingerprint density at radius 2 is 2.06 bits per heavy atom. The Morgan fingerprint density at radius 1 is 1.38 bits per heavy atom. The van der Waals surface area contributed by atoms with Crippen LogP contribution in [0.25, 0.3) is 0 Å². The molecule has 0 unspecified atom stereocenters. The van der Waals surface area contributed by atoms with Crippen LogP contribution in [-0.2, 0) is 0 Å². The van der Waals surface area contributed by atoms with E-state index >= 15 is 0 Å². The molecule has 1 aliphatic heterocycles. The molecule has 3 heteroatoms. The molecule has 0 aromatic heterocycles. The molecule has 1 saturated heterocycles. The van der Waals surface area contributed by atoms with Crippen molar-refractivity contribution in [2.45, 2.75) is 25.7 Å². The Balaban J connectivity index is 2.23. The van der Waals surface area contributed by atoms with E-state index in [4.69, 9.17) is 5.73 Å². The fraction of sp³-hybridized carbons (Fsp3) is 0.462. The molecule has 0 saturated carbocycles. The lowest BCUT2D eigenvalue weighted by atomic mass is 9.88. The summed E-state index contributed by atoms with van der Waals surface area (Å²) >= 11 is 0. The van der Waals surface area contributed by atoms with Crippen LogP contribution in [0.4, 0.5) is 0 Å². The van der Waals surface area contributed by atoms with E-state index in [1.54, 1.807) is 0 Å².